The third kappa shape index (κ3) is 5.74. The van der Waals surface area contributed by atoms with Gasteiger partial charge in [-0.1, -0.05) is 6.08 Å². The zero-order valence-corrected chi connectivity index (χ0v) is 11.2. The van der Waals surface area contributed by atoms with Crippen LogP contribution in [0.2, 0.25) is 5.28 Å². The first-order valence-corrected chi connectivity index (χ1v) is 6.76. The zero-order chi connectivity index (χ0) is 12.5. The molecule has 1 rings (SSSR count). The van der Waals surface area contributed by atoms with Crippen molar-refractivity contribution in [2.24, 2.45) is 0 Å². The minimum atomic E-state index is 0.129. The molecule has 0 aliphatic carbocycles. The van der Waals surface area contributed by atoms with Gasteiger partial charge in [-0.05, 0) is 18.5 Å². The number of thioether (sulfide) groups is 1. The van der Waals surface area contributed by atoms with E-state index in [1.165, 1.54) is 0 Å². The molecule has 1 heterocycles. The summed E-state index contributed by atoms with van der Waals surface area (Å²) < 4.78 is 5.17. The van der Waals surface area contributed by atoms with E-state index in [-0.39, 0.29) is 11.3 Å². The fraction of sp³-hybridized carbons (Fsp3) is 0.500. The van der Waals surface area contributed by atoms with Crippen LogP contribution in [0.1, 0.15) is 6.92 Å². The van der Waals surface area contributed by atoms with Crippen LogP contribution in [0, 0.1) is 0 Å². The first kappa shape index (κ1) is 14.1. The lowest BCUT2D eigenvalue weighted by molar-refractivity contribution is 0.312. The molecule has 0 aliphatic rings. The molecule has 0 saturated carbocycles. The van der Waals surface area contributed by atoms with Gasteiger partial charge in [0.05, 0.1) is 6.61 Å². The third-order valence-electron chi connectivity index (χ3n) is 1.63. The molecule has 0 saturated heterocycles. The minimum absolute atomic E-state index is 0.129. The highest BCUT2D eigenvalue weighted by Gasteiger charge is 2.04. The Morgan fingerprint density at radius 2 is 2.29 bits per heavy atom. The van der Waals surface area contributed by atoms with Crippen LogP contribution in [0.5, 0.6) is 6.01 Å². The fourth-order valence-electron chi connectivity index (χ4n) is 1.01. The minimum Gasteiger partial charge on any atom is -0.464 e. The van der Waals surface area contributed by atoms with Gasteiger partial charge >= 0.3 is 6.01 Å². The zero-order valence-electron chi connectivity index (χ0n) is 9.65. The maximum absolute atomic E-state index is 5.75. The van der Waals surface area contributed by atoms with Gasteiger partial charge in [-0.3, -0.25) is 0 Å². The van der Waals surface area contributed by atoms with Gasteiger partial charge in [0.2, 0.25) is 11.2 Å². The van der Waals surface area contributed by atoms with Crippen molar-refractivity contribution < 1.29 is 4.74 Å². The van der Waals surface area contributed by atoms with E-state index in [1.54, 1.807) is 11.8 Å². The van der Waals surface area contributed by atoms with Crippen molar-refractivity contribution in [3.8, 4) is 6.01 Å². The molecule has 5 nitrogen and oxygen atoms in total. The molecule has 0 fully saturated rings. The van der Waals surface area contributed by atoms with Gasteiger partial charge in [0, 0.05) is 18.1 Å². The van der Waals surface area contributed by atoms with Gasteiger partial charge < -0.3 is 10.1 Å². The van der Waals surface area contributed by atoms with Gasteiger partial charge in [0.15, 0.2) is 0 Å². The Bertz CT molecular complexity index is 364. The van der Waals surface area contributed by atoms with Crippen molar-refractivity contribution in [3.63, 3.8) is 0 Å². The number of hydrogen-bond acceptors (Lipinski definition) is 6. The molecule has 17 heavy (non-hydrogen) atoms. The molecule has 0 amide bonds. The summed E-state index contributed by atoms with van der Waals surface area (Å²) in [5.41, 5.74) is 0. The summed E-state index contributed by atoms with van der Waals surface area (Å²) in [6.07, 6.45) is 1.87. The Morgan fingerprint density at radius 3 is 3.00 bits per heavy atom. The number of ether oxygens (including phenoxy) is 1. The van der Waals surface area contributed by atoms with E-state index in [9.17, 15) is 0 Å². The van der Waals surface area contributed by atoms with E-state index < -0.39 is 0 Å². The molecule has 7 heteroatoms. The van der Waals surface area contributed by atoms with Gasteiger partial charge in [0.25, 0.3) is 0 Å². The smallest absolute Gasteiger partial charge is 0.322 e. The molecule has 0 spiro atoms. The van der Waals surface area contributed by atoms with Crippen molar-refractivity contribution >= 4 is 29.3 Å². The summed E-state index contributed by atoms with van der Waals surface area (Å²) in [4.78, 5) is 11.9. The van der Waals surface area contributed by atoms with Crippen molar-refractivity contribution in [2.75, 3.05) is 30.0 Å². The fourth-order valence-corrected chi connectivity index (χ4v) is 1.74. The van der Waals surface area contributed by atoms with Crippen LogP contribution in [0.4, 0.5) is 5.95 Å². The molecule has 1 aromatic heterocycles. The molecule has 94 valence electrons. The summed E-state index contributed by atoms with van der Waals surface area (Å²) in [7, 11) is 0. The highest BCUT2D eigenvalue weighted by Crippen LogP contribution is 2.11. The number of nitrogens with one attached hydrogen (secondary N) is 1. The van der Waals surface area contributed by atoms with Crippen molar-refractivity contribution in [2.45, 2.75) is 6.92 Å². The predicted molar refractivity (Wildman–Crippen MR) is 72.0 cm³/mol. The Kier molecular flexibility index (Phi) is 6.73. The summed E-state index contributed by atoms with van der Waals surface area (Å²) in [6, 6.07) is 0.244. The molecule has 1 N–H and O–H groups in total. The van der Waals surface area contributed by atoms with E-state index in [4.69, 9.17) is 16.3 Å². The Hall–Kier alpha value is -1.01. The standard InChI is InChI=1S/C10H15ClN4OS/c1-3-6-17-7-5-12-9-13-8(11)14-10(15-9)16-4-2/h3H,1,4-7H2,2H3,(H,12,13,14,15). The largest absolute Gasteiger partial charge is 0.464 e. The van der Waals surface area contributed by atoms with E-state index >= 15 is 0 Å². The van der Waals surface area contributed by atoms with Crippen LogP contribution < -0.4 is 10.1 Å². The Balaban J connectivity index is 2.43. The van der Waals surface area contributed by atoms with Crippen LogP contribution in [0.15, 0.2) is 12.7 Å². The first-order chi connectivity index (χ1) is 8.26. The second kappa shape index (κ2) is 8.14. The van der Waals surface area contributed by atoms with E-state index in [1.807, 2.05) is 13.0 Å². The number of hydrogen-bond donors (Lipinski definition) is 1. The lowest BCUT2D eigenvalue weighted by Gasteiger charge is -2.06. The molecular weight excluding hydrogens is 260 g/mol. The monoisotopic (exact) mass is 274 g/mol. The number of rotatable bonds is 8. The summed E-state index contributed by atoms with van der Waals surface area (Å²) in [5.74, 6) is 2.32. The SMILES string of the molecule is C=CCSCCNc1nc(Cl)nc(OCC)n1. The van der Waals surface area contributed by atoms with Crippen LogP contribution in [-0.4, -0.2) is 39.6 Å². The highest BCUT2D eigenvalue weighted by atomic mass is 35.5. The normalized spacial score (nSPS) is 10.0. The predicted octanol–water partition coefficient (Wildman–Crippen LogP) is 2.25. The van der Waals surface area contributed by atoms with Crippen LogP contribution >= 0.6 is 23.4 Å². The van der Waals surface area contributed by atoms with Gasteiger partial charge in [-0.15, -0.1) is 6.58 Å². The second-order valence-electron chi connectivity index (χ2n) is 2.93. The lowest BCUT2D eigenvalue weighted by Crippen LogP contribution is -2.09. The van der Waals surface area contributed by atoms with E-state index in [0.717, 1.165) is 18.1 Å². The van der Waals surface area contributed by atoms with Crippen LogP contribution in [0.3, 0.4) is 0 Å². The van der Waals surface area contributed by atoms with Crippen molar-refractivity contribution in [1.82, 2.24) is 15.0 Å². The molecule has 0 aliphatic heterocycles. The molecule has 0 radical (unpaired) electrons. The van der Waals surface area contributed by atoms with Gasteiger partial charge in [-0.25, -0.2) is 0 Å². The second-order valence-corrected chi connectivity index (χ2v) is 4.42. The van der Waals surface area contributed by atoms with Crippen LogP contribution in [-0.2, 0) is 0 Å². The average molecular weight is 275 g/mol. The van der Waals surface area contributed by atoms with Crippen molar-refractivity contribution in [3.05, 3.63) is 17.9 Å². The summed E-state index contributed by atoms with van der Waals surface area (Å²) >= 11 is 7.52. The Morgan fingerprint density at radius 1 is 1.47 bits per heavy atom. The molecule has 0 bridgehead atoms. The third-order valence-corrected chi connectivity index (χ3v) is 2.76. The summed E-state index contributed by atoms with van der Waals surface area (Å²) in [5, 5.41) is 3.19. The average Bonchev–Trinajstić information content (AvgIpc) is 2.28. The highest BCUT2D eigenvalue weighted by molar-refractivity contribution is 7.99. The number of anilines is 1. The maximum Gasteiger partial charge on any atom is 0.322 e. The van der Waals surface area contributed by atoms with Gasteiger partial charge in [0.1, 0.15) is 0 Å². The van der Waals surface area contributed by atoms with Crippen LogP contribution in [0.25, 0.3) is 0 Å². The molecule has 0 unspecified atom stereocenters. The molecule has 0 atom stereocenters. The maximum atomic E-state index is 5.75. The van der Waals surface area contributed by atoms with E-state index in [0.29, 0.717) is 12.6 Å². The molecule has 0 aromatic carbocycles. The number of aromatic nitrogens is 3. The topological polar surface area (TPSA) is 59.9 Å². The quantitative estimate of drug-likeness (QED) is 0.580. The number of nitrogens with zero attached hydrogens (tertiary/aromatic N) is 3. The number of halogens is 1. The summed E-state index contributed by atoms with van der Waals surface area (Å²) in [6.45, 7) is 6.76. The lowest BCUT2D eigenvalue weighted by atomic mass is 10.7. The van der Waals surface area contributed by atoms with Gasteiger partial charge in [-0.2, -0.15) is 26.7 Å². The van der Waals surface area contributed by atoms with E-state index in [2.05, 4.69) is 26.8 Å². The Labute approximate surface area is 110 Å². The van der Waals surface area contributed by atoms with Crippen molar-refractivity contribution in [1.29, 1.82) is 0 Å². The molecular formula is C10H15ClN4OS. The molecule has 1 aromatic rings. The first-order valence-electron chi connectivity index (χ1n) is 5.23.